The minimum absolute atomic E-state index is 0.0893. The van der Waals surface area contributed by atoms with Gasteiger partial charge in [0, 0.05) is 24.2 Å². The number of benzene rings is 2. The van der Waals surface area contributed by atoms with Gasteiger partial charge in [0.25, 0.3) is 11.5 Å². The first-order valence-corrected chi connectivity index (χ1v) is 12.1. The summed E-state index contributed by atoms with van der Waals surface area (Å²) >= 11 is 0. The first kappa shape index (κ1) is 27.0. The van der Waals surface area contributed by atoms with Crippen LogP contribution in [0.25, 0.3) is 0 Å². The monoisotopic (exact) mass is 526 g/mol. The molecule has 2 aromatic carbocycles. The van der Waals surface area contributed by atoms with Crippen molar-refractivity contribution in [1.82, 2.24) is 9.88 Å². The molecule has 7 nitrogen and oxygen atoms in total. The summed E-state index contributed by atoms with van der Waals surface area (Å²) in [7, 11) is 0. The van der Waals surface area contributed by atoms with Gasteiger partial charge in [-0.25, -0.2) is 13.2 Å². The number of ketones is 2. The zero-order chi connectivity index (χ0) is 27.4. The van der Waals surface area contributed by atoms with E-state index in [1.54, 1.807) is 6.07 Å². The number of hydrogen-bond donors (Lipinski definition) is 2. The first-order chi connectivity index (χ1) is 18.1. The largest absolute Gasteiger partial charge is 0.391 e. The number of aliphatic hydroxyl groups is 1. The summed E-state index contributed by atoms with van der Waals surface area (Å²) in [5.74, 6) is -5.24. The molecule has 198 valence electrons. The highest BCUT2D eigenvalue weighted by Crippen LogP contribution is 2.19. The lowest BCUT2D eigenvalue weighted by Gasteiger charge is -2.15. The molecule has 2 N–H and O–H groups in total. The van der Waals surface area contributed by atoms with Gasteiger partial charge in [-0.05, 0) is 48.6 Å². The van der Waals surface area contributed by atoms with Crippen LogP contribution >= 0.6 is 0 Å². The van der Waals surface area contributed by atoms with Crippen molar-refractivity contribution in [2.24, 2.45) is 0 Å². The molecule has 0 unspecified atom stereocenters. The second kappa shape index (κ2) is 11.6. The fourth-order valence-corrected chi connectivity index (χ4v) is 4.49. The quantitative estimate of drug-likeness (QED) is 0.253. The Morgan fingerprint density at radius 2 is 1.74 bits per heavy atom. The van der Waals surface area contributed by atoms with E-state index >= 15 is 0 Å². The van der Waals surface area contributed by atoms with Crippen molar-refractivity contribution in [3.63, 3.8) is 0 Å². The van der Waals surface area contributed by atoms with E-state index in [4.69, 9.17) is 0 Å². The molecule has 1 aromatic heterocycles. The molecule has 1 amide bonds. The lowest BCUT2D eigenvalue weighted by molar-refractivity contribution is -0.138. The standard InChI is InChI=1S/C28H25F3N2O5/c29-19-9-8-17(22(31)12-19)10-16-11-20(28(38)33(14-16)15-18-4-1-2-5-21(18)30)25(35)13-26(36)27(37)32-23-6-3-7-24(23)34/h1-2,4-5,8-9,11-12,14,23-24,34H,3,6-7,10,13,15H2,(H,32,37)/t23-,24-/m1/s1. The van der Waals surface area contributed by atoms with Gasteiger partial charge in [-0.2, -0.15) is 0 Å². The fraction of sp³-hybridized carbons (Fsp3) is 0.286. The second-order valence-corrected chi connectivity index (χ2v) is 9.30. The molecule has 1 heterocycles. The summed E-state index contributed by atoms with van der Waals surface area (Å²) in [4.78, 5) is 50.9. The third-order valence-electron chi connectivity index (χ3n) is 6.52. The van der Waals surface area contributed by atoms with Crippen LogP contribution in [0, 0.1) is 17.5 Å². The normalized spacial score (nSPS) is 16.8. The van der Waals surface area contributed by atoms with Crippen LogP contribution in [-0.4, -0.2) is 39.3 Å². The number of nitrogens with one attached hydrogen (secondary N) is 1. The maximum atomic E-state index is 14.3. The van der Waals surface area contributed by atoms with Gasteiger partial charge in [0.05, 0.1) is 30.7 Å². The molecule has 10 heteroatoms. The van der Waals surface area contributed by atoms with E-state index in [1.807, 2.05) is 0 Å². The summed E-state index contributed by atoms with van der Waals surface area (Å²) < 4.78 is 43.0. The predicted molar refractivity (Wildman–Crippen MR) is 131 cm³/mol. The Balaban J connectivity index is 1.63. The van der Waals surface area contributed by atoms with Gasteiger partial charge in [-0.3, -0.25) is 19.2 Å². The highest BCUT2D eigenvalue weighted by molar-refractivity contribution is 6.40. The van der Waals surface area contributed by atoms with Crippen LogP contribution in [-0.2, 0) is 22.6 Å². The lowest BCUT2D eigenvalue weighted by atomic mass is 10.0. The molecule has 38 heavy (non-hydrogen) atoms. The van der Waals surface area contributed by atoms with E-state index < -0.39 is 64.6 Å². The summed E-state index contributed by atoms with van der Waals surface area (Å²) in [6.07, 6.45) is 1.19. The highest BCUT2D eigenvalue weighted by atomic mass is 19.1. The van der Waals surface area contributed by atoms with Crippen LogP contribution in [0.4, 0.5) is 13.2 Å². The number of hydrogen-bond acceptors (Lipinski definition) is 5. The zero-order valence-electron chi connectivity index (χ0n) is 20.3. The summed E-state index contributed by atoms with van der Waals surface area (Å²) in [5.41, 5.74) is -0.722. The number of carbonyl (C=O) groups is 3. The van der Waals surface area contributed by atoms with Gasteiger partial charge < -0.3 is 15.0 Å². The van der Waals surface area contributed by atoms with Crippen molar-refractivity contribution >= 4 is 17.5 Å². The first-order valence-electron chi connectivity index (χ1n) is 12.1. The summed E-state index contributed by atoms with van der Waals surface area (Å²) in [6, 6.07) is 9.32. The molecule has 1 aliphatic rings. The molecule has 0 aliphatic heterocycles. The van der Waals surface area contributed by atoms with Crippen molar-refractivity contribution in [3.05, 3.63) is 105 Å². The van der Waals surface area contributed by atoms with Crippen LogP contribution in [0.5, 0.6) is 0 Å². The highest BCUT2D eigenvalue weighted by Gasteiger charge is 2.30. The van der Waals surface area contributed by atoms with Crippen molar-refractivity contribution < 1.29 is 32.7 Å². The van der Waals surface area contributed by atoms with Gasteiger partial charge in [0.1, 0.15) is 17.5 Å². The number of amides is 1. The maximum Gasteiger partial charge on any atom is 0.288 e. The molecule has 0 saturated heterocycles. The maximum absolute atomic E-state index is 14.3. The van der Waals surface area contributed by atoms with Crippen LogP contribution < -0.4 is 10.9 Å². The smallest absolute Gasteiger partial charge is 0.288 e. The Hall–Kier alpha value is -4.05. The van der Waals surface area contributed by atoms with Gasteiger partial charge >= 0.3 is 0 Å². The van der Waals surface area contributed by atoms with Crippen molar-refractivity contribution in [2.75, 3.05) is 0 Å². The number of Topliss-reactive ketones (excluding diaryl/α,β-unsaturated/α-hetero) is 2. The minimum Gasteiger partial charge on any atom is -0.391 e. The number of nitrogens with zero attached hydrogens (tertiary/aromatic N) is 1. The van der Waals surface area contributed by atoms with Gasteiger partial charge in [0.15, 0.2) is 5.78 Å². The number of carbonyl (C=O) groups excluding carboxylic acids is 3. The SMILES string of the molecule is O=C(CC(=O)c1cc(Cc2ccc(F)cc2F)cn(Cc2ccccc2F)c1=O)C(=O)N[C@@H]1CCC[C@H]1O. The van der Waals surface area contributed by atoms with Gasteiger partial charge in [-0.1, -0.05) is 24.3 Å². The van der Waals surface area contributed by atoms with Crippen molar-refractivity contribution in [3.8, 4) is 0 Å². The predicted octanol–water partition coefficient (Wildman–Crippen LogP) is 3.08. The molecule has 1 fully saturated rings. The molecule has 1 saturated carbocycles. The third kappa shape index (κ3) is 6.25. The average molecular weight is 527 g/mol. The van der Waals surface area contributed by atoms with E-state index in [9.17, 15) is 37.5 Å². The molecule has 0 radical (unpaired) electrons. The van der Waals surface area contributed by atoms with Crippen LogP contribution in [0.1, 0.15) is 52.7 Å². The number of halogens is 3. The molecule has 4 rings (SSSR count). The van der Waals surface area contributed by atoms with E-state index in [1.165, 1.54) is 36.5 Å². The molecule has 0 spiro atoms. The Morgan fingerprint density at radius 3 is 2.42 bits per heavy atom. The summed E-state index contributed by atoms with van der Waals surface area (Å²) in [5, 5.41) is 12.3. The molecule has 3 aromatic rings. The Kier molecular flexibility index (Phi) is 8.21. The Morgan fingerprint density at radius 1 is 0.974 bits per heavy atom. The van der Waals surface area contributed by atoms with Crippen molar-refractivity contribution in [1.29, 1.82) is 0 Å². The van der Waals surface area contributed by atoms with Crippen LogP contribution in [0.15, 0.2) is 59.5 Å². The molecular formula is C28H25F3N2O5. The van der Waals surface area contributed by atoms with Crippen LogP contribution in [0.3, 0.4) is 0 Å². The van der Waals surface area contributed by atoms with E-state index in [0.717, 1.165) is 10.6 Å². The van der Waals surface area contributed by atoms with E-state index in [2.05, 4.69) is 5.32 Å². The Labute approximate surface area is 215 Å². The number of rotatable bonds is 9. The minimum atomic E-state index is -1.08. The lowest BCUT2D eigenvalue weighted by Crippen LogP contribution is -2.43. The number of aliphatic hydroxyl groups excluding tert-OH is 1. The van der Waals surface area contributed by atoms with E-state index in [0.29, 0.717) is 25.3 Å². The topological polar surface area (TPSA) is 105 Å². The van der Waals surface area contributed by atoms with E-state index in [-0.39, 0.29) is 29.7 Å². The van der Waals surface area contributed by atoms with Gasteiger partial charge in [-0.15, -0.1) is 0 Å². The summed E-state index contributed by atoms with van der Waals surface area (Å²) in [6.45, 7) is -0.250. The second-order valence-electron chi connectivity index (χ2n) is 9.30. The number of pyridine rings is 1. The Bertz CT molecular complexity index is 1450. The average Bonchev–Trinajstić information content (AvgIpc) is 3.27. The molecular weight excluding hydrogens is 501 g/mol. The molecule has 1 aliphatic carbocycles. The third-order valence-corrected chi connectivity index (χ3v) is 6.52. The molecule has 0 bridgehead atoms. The van der Waals surface area contributed by atoms with Crippen molar-refractivity contribution in [2.45, 2.75) is 50.8 Å². The number of aromatic nitrogens is 1. The van der Waals surface area contributed by atoms with Gasteiger partial charge in [0.2, 0.25) is 5.78 Å². The molecule has 2 atom stereocenters. The zero-order valence-corrected chi connectivity index (χ0v) is 20.3. The van der Waals surface area contributed by atoms with Crippen LogP contribution in [0.2, 0.25) is 0 Å². The fourth-order valence-electron chi connectivity index (χ4n) is 4.49.